The number of aromatic hydroxyl groups is 2. The third kappa shape index (κ3) is 2.85. The van der Waals surface area contributed by atoms with Crippen LogP contribution in [0.2, 0.25) is 0 Å². The van der Waals surface area contributed by atoms with Gasteiger partial charge in [-0.25, -0.2) is 0 Å². The number of phenols is 2. The molecular formula is C15H18O2S. The molecule has 0 saturated heterocycles. The minimum atomic E-state index is 0.170. The van der Waals surface area contributed by atoms with E-state index >= 15 is 0 Å². The molecule has 0 atom stereocenters. The van der Waals surface area contributed by atoms with E-state index in [0.717, 1.165) is 23.3 Å². The summed E-state index contributed by atoms with van der Waals surface area (Å²) in [5.74, 6) is 0.341. The van der Waals surface area contributed by atoms with Crippen LogP contribution >= 0.6 is 11.3 Å². The number of phenolic OH excluding ortho intramolecular Hbond substituents is 2. The van der Waals surface area contributed by atoms with Crippen molar-refractivity contribution in [3.05, 3.63) is 35.2 Å². The van der Waals surface area contributed by atoms with Crippen LogP contribution in [0.5, 0.6) is 11.5 Å². The summed E-state index contributed by atoms with van der Waals surface area (Å²) in [5, 5.41) is 22.0. The highest BCUT2D eigenvalue weighted by Crippen LogP contribution is 2.40. The Hall–Kier alpha value is -1.48. The Labute approximate surface area is 112 Å². The second kappa shape index (κ2) is 5.91. The van der Waals surface area contributed by atoms with Crippen molar-refractivity contribution in [1.29, 1.82) is 0 Å². The number of aryl methyl sites for hydroxylation is 1. The van der Waals surface area contributed by atoms with E-state index in [9.17, 15) is 10.2 Å². The third-order valence-electron chi connectivity index (χ3n) is 2.99. The van der Waals surface area contributed by atoms with Crippen molar-refractivity contribution in [3.63, 3.8) is 0 Å². The molecule has 1 aromatic carbocycles. The van der Waals surface area contributed by atoms with Crippen molar-refractivity contribution in [2.75, 3.05) is 0 Å². The molecule has 0 unspecified atom stereocenters. The van der Waals surface area contributed by atoms with E-state index in [4.69, 9.17) is 0 Å². The molecule has 0 aliphatic carbocycles. The molecule has 96 valence electrons. The highest BCUT2D eigenvalue weighted by molar-refractivity contribution is 7.13. The van der Waals surface area contributed by atoms with E-state index in [1.165, 1.54) is 24.2 Å². The number of hydrogen-bond acceptors (Lipinski definition) is 3. The summed E-state index contributed by atoms with van der Waals surface area (Å²) < 4.78 is 0. The van der Waals surface area contributed by atoms with E-state index < -0.39 is 0 Å². The first-order chi connectivity index (χ1) is 8.72. The van der Waals surface area contributed by atoms with Gasteiger partial charge in [-0.3, -0.25) is 0 Å². The van der Waals surface area contributed by atoms with Crippen LogP contribution in [0.15, 0.2) is 29.6 Å². The first kappa shape index (κ1) is 13.0. The molecule has 2 aromatic rings. The van der Waals surface area contributed by atoms with Crippen molar-refractivity contribution in [1.82, 2.24) is 0 Å². The average Bonchev–Trinajstić information content (AvgIpc) is 2.82. The maximum atomic E-state index is 10.0. The fourth-order valence-corrected chi connectivity index (χ4v) is 2.85. The zero-order valence-corrected chi connectivity index (χ0v) is 11.3. The SMILES string of the molecule is CCCCCc1cc(O)c(-c2cccs2)c(O)c1. The third-order valence-corrected chi connectivity index (χ3v) is 3.88. The zero-order valence-electron chi connectivity index (χ0n) is 10.5. The summed E-state index contributed by atoms with van der Waals surface area (Å²) in [5.41, 5.74) is 1.54. The molecule has 1 heterocycles. The largest absolute Gasteiger partial charge is 0.507 e. The van der Waals surface area contributed by atoms with Crippen LogP contribution in [0.1, 0.15) is 31.7 Å². The van der Waals surface area contributed by atoms with Gasteiger partial charge in [-0.15, -0.1) is 11.3 Å². The fourth-order valence-electron chi connectivity index (χ4n) is 2.07. The van der Waals surface area contributed by atoms with Gasteiger partial charge in [0.1, 0.15) is 11.5 Å². The van der Waals surface area contributed by atoms with Crippen molar-refractivity contribution < 1.29 is 10.2 Å². The molecule has 18 heavy (non-hydrogen) atoms. The Morgan fingerprint density at radius 2 is 1.83 bits per heavy atom. The highest BCUT2D eigenvalue weighted by Gasteiger charge is 2.12. The maximum Gasteiger partial charge on any atom is 0.128 e. The molecule has 0 aliphatic heterocycles. The van der Waals surface area contributed by atoms with Gasteiger partial charge in [0.15, 0.2) is 0 Å². The summed E-state index contributed by atoms with van der Waals surface area (Å²) in [6.45, 7) is 2.16. The summed E-state index contributed by atoms with van der Waals surface area (Å²) in [6.07, 6.45) is 4.34. The smallest absolute Gasteiger partial charge is 0.128 e. The van der Waals surface area contributed by atoms with Crippen molar-refractivity contribution in [2.24, 2.45) is 0 Å². The standard InChI is InChI=1S/C15H18O2S/c1-2-3-4-6-11-9-12(16)15(13(17)10-11)14-7-5-8-18-14/h5,7-10,16-17H,2-4,6H2,1H3. The number of hydrogen-bond donors (Lipinski definition) is 2. The number of rotatable bonds is 5. The Morgan fingerprint density at radius 3 is 2.39 bits per heavy atom. The van der Waals surface area contributed by atoms with Gasteiger partial charge in [0.05, 0.1) is 5.56 Å². The Kier molecular flexibility index (Phi) is 4.26. The summed E-state index contributed by atoms with van der Waals surface area (Å²) in [7, 11) is 0. The number of unbranched alkanes of at least 4 members (excludes halogenated alkanes) is 2. The fraction of sp³-hybridized carbons (Fsp3) is 0.333. The van der Waals surface area contributed by atoms with E-state index in [0.29, 0.717) is 5.56 Å². The molecule has 0 bridgehead atoms. The van der Waals surface area contributed by atoms with Gasteiger partial charge >= 0.3 is 0 Å². The quantitative estimate of drug-likeness (QED) is 0.775. The van der Waals surface area contributed by atoms with E-state index in [-0.39, 0.29) is 11.5 Å². The van der Waals surface area contributed by atoms with Crippen molar-refractivity contribution in [3.8, 4) is 21.9 Å². The normalized spacial score (nSPS) is 10.7. The molecule has 0 radical (unpaired) electrons. The maximum absolute atomic E-state index is 10.0. The van der Waals surface area contributed by atoms with Crippen LogP contribution in [-0.2, 0) is 6.42 Å². The van der Waals surface area contributed by atoms with Crippen LogP contribution in [0.3, 0.4) is 0 Å². The minimum Gasteiger partial charge on any atom is -0.507 e. The summed E-state index contributed by atoms with van der Waals surface area (Å²) in [4.78, 5) is 0.894. The molecular weight excluding hydrogens is 244 g/mol. The van der Waals surface area contributed by atoms with Crippen molar-refractivity contribution in [2.45, 2.75) is 32.6 Å². The van der Waals surface area contributed by atoms with Gasteiger partial charge in [0, 0.05) is 4.88 Å². The van der Waals surface area contributed by atoms with Gasteiger partial charge in [-0.05, 0) is 42.0 Å². The predicted molar refractivity (Wildman–Crippen MR) is 76.3 cm³/mol. The molecule has 0 spiro atoms. The predicted octanol–water partition coefficient (Wildman–Crippen LogP) is 4.56. The topological polar surface area (TPSA) is 40.5 Å². The molecule has 3 heteroatoms. The first-order valence-electron chi connectivity index (χ1n) is 6.31. The molecule has 0 aliphatic rings. The molecule has 2 rings (SSSR count). The lowest BCUT2D eigenvalue weighted by Gasteiger charge is -2.09. The van der Waals surface area contributed by atoms with E-state index in [2.05, 4.69) is 6.92 Å². The van der Waals surface area contributed by atoms with Gasteiger partial charge < -0.3 is 10.2 Å². The van der Waals surface area contributed by atoms with Crippen LogP contribution in [0, 0.1) is 0 Å². The van der Waals surface area contributed by atoms with Crippen LogP contribution in [-0.4, -0.2) is 10.2 Å². The van der Waals surface area contributed by atoms with Crippen LogP contribution < -0.4 is 0 Å². The van der Waals surface area contributed by atoms with Crippen LogP contribution in [0.25, 0.3) is 10.4 Å². The summed E-state index contributed by atoms with van der Waals surface area (Å²) >= 11 is 1.51. The van der Waals surface area contributed by atoms with E-state index in [1.807, 2.05) is 17.5 Å². The lowest BCUT2D eigenvalue weighted by atomic mass is 10.0. The number of benzene rings is 1. The lowest BCUT2D eigenvalue weighted by Crippen LogP contribution is -1.87. The lowest BCUT2D eigenvalue weighted by molar-refractivity contribution is 0.453. The Morgan fingerprint density at radius 1 is 1.11 bits per heavy atom. The second-order valence-electron chi connectivity index (χ2n) is 4.44. The molecule has 0 fully saturated rings. The number of thiophene rings is 1. The molecule has 2 nitrogen and oxygen atoms in total. The van der Waals surface area contributed by atoms with Gasteiger partial charge in [-0.1, -0.05) is 25.8 Å². The monoisotopic (exact) mass is 262 g/mol. The molecule has 0 saturated carbocycles. The van der Waals surface area contributed by atoms with Gasteiger partial charge in [0.2, 0.25) is 0 Å². The zero-order chi connectivity index (χ0) is 13.0. The van der Waals surface area contributed by atoms with Crippen molar-refractivity contribution >= 4 is 11.3 Å². The van der Waals surface area contributed by atoms with Gasteiger partial charge in [-0.2, -0.15) is 0 Å². The molecule has 2 N–H and O–H groups in total. The van der Waals surface area contributed by atoms with Gasteiger partial charge in [0.25, 0.3) is 0 Å². The first-order valence-corrected chi connectivity index (χ1v) is 7.19. The Balaban J connectivity index is 2.24. The highest BCUT2D eigenvalue weighted by atomic mass is 32.1. The minimum absolute atomic E-state index is 0.170. The van der Waals surface area contributed by atoms with E-state index in [1.54, 1.807) is 12.1 Å². The average molecular weight is 262 g/mol. The molecule has 0 amide bonds. The Bertz CT molecular complexity index is 480. The molecule has 1 aromatic heterocycles. The summed E-state index contributed by atoms with van der Waals surface area (Å²) in [6, 6.07) is 7.35. The second-order valence-corrected chi connectivity index (χ2v) is 5.39. The van der Waals surface area contributed by atoms with Crippen LogP contribution in [0.4, 0.5) is 0 Å².